The topological polar surface area (TPSA) is 101 Å². The first-order chi connectivity index (χ1) is 18.2. The van der Waals surface area contributed by atoms with Crippen molar-refractivity contribution in [3.05, 3.63) is 102 Å². The van der Waals surface area contributed by atoms with Gasteiger partial charge in [-0.25, -0.2) is 15.0 Å². The average molecular weight is 485 g/mol. The maximum Gasteiger partial charge on any atom is 0.185 e. The third kappa shape index (κ3) is 3.38. The maximum atomic E-state index is 5.05. The van der Waals surface area contributed by atoms with Crippen molar-refractivity contribution in [3.8, 4) is 0 Å². The molecule has 1 aliphatic heterocycles. The molecule has 178 valence electrons. The molecule has 1 aromatic carbocycles. The summed E-state index contributed by atoms with van der Waals surface area (Å²) >= 11 is 0. The standard InChI is InChI=1S/C27H20N10/c1-17-21(25-30-18(2)34-37(25)33-17)7-8-24-35(19-9-13-28-14-10-19)26-27(36(24)20-11-15-29-16-12-20)32-23-6-4-3-5-22(23)31-26/h3-16H,1-2H3/b21-7-. The van der Waals surface area contributed by atoms with Crippen LogP contribution in [0.4, 0.5) is 23.0 Å². The molecule has 5 aromatic heterocycles. The molecule has 6 heterocycles. The Labute approximate surface area is 211 Å². The van der Waals surface area contributed by atoms with Crippen LogP contribution in [0.5, 0.6) is 0 Å². The van der Waals surface area contributed by atoms with Crippen LogP contribution in [-0.2, 0) is 0 Å². The monoisotopic (exact) mass is 484 g/mol. The highest BCUT2D eigenvalue weighted by molar-refractivity contribution is 5.93. The van der Waals surface area contributed by atoms with Gasteiger partial charge in [0.15, 0.2) is 17.3 Å². The Morgan fingerprint density at radius 1 is 0.649 bits per heavy atom. The summed E-state index contributed by atoms with van der Waals surface area (Å²) in [4.78, 5) is 27.3. The van der Waals surface area contributed by atoms with E-state index < -0.39 is 0 Å². The van der Waals surface area contributed by atoms with Crippen LogP contribution >= 0.6 is 0 Å². The van der Waals surface area contributed by atoms with Gasteiger partial charge in [-0.2, -0.15) is 5.10 Å². The average Bonchev–Trinajstić information content (AvgIpc) is 3.54. The lowest BCUT2D eigenvalue weighted by molar-refractivity contribution is 0.793. The highest BCUT2D eigenvalue weighted by atomic mass is 15.5. The Morgan fingerprint density at radius 2 is 1.22 bits per heavy atom. The van der Waals surface area contributed by atoms with Crippen molar-refractivity contribution >= 4 is 45.8 Å². The first-order valence-corrected chi connectivity index (χ1v) is 11.8. The number of hydrogen-bond acceptors (Lipinski definition) is 9. The van der Waals surface area contributed by atoms with Gasteiger partial charge in [0.2, 0.25) is 0 Å². The van der Waals surface area contributed by atoms with Crippen molar-refractivity contribution in [2.45, 2.75) is 13.8 Å². The molecular formula is C27H20N10. The first kappa shape index (κ1) is 21.1. The van der Waals surface area contributed by atoms with E-state index in [9.17, 15) is 0 Å². The van der Waals surface area contributed by atoms with Crippen molar-refractivity contribution < 1.29 is 0 Å². The Hall–Kier alpha value is -5.25. The van der Waals surface area contributed by atoms with Crippen LogP contribution in [0.2, 0.25) is 0 Å². The number of benzene rings is 1. The van der Waals surface area contributed by atoms with E-state index in [1.165, 1.54) is 0 Å². The number of anilines is 4. The van der Waals surface area contributed by atoms with Crippen LogP contribution in [0.3, 0.4) is 0 Å². The zero-order valence-corrected chi connectivity index (χ0v) is 20.1. The van der Waals surface area contributed by atoms with Gasteiger partial charge in [-0.1, -0.05) is 12.1 Å². The molecule has 0 fully saturated rings. The quantitative estimate of drug-likeness (QED) is 0.371. The highest BCUT2D eigenvalue weighted by Crippen LogP contribution is 2.47. The van der Waals surface area contributed by atoms with Crippen molar-refractivity contribution in [2.75, 3.05) is 9.80 Å². The van der Waals surface area contributed by atoms with E-state index in [-0.39, 0.29) is 0 Å². The molecule has 10 heteroatoms. The van der Waals surface area contributed by atoms with Crippen molar-refractivity contribution in [1.29, 1.82) is 0 Å². The smallest absolute Gasteiger partial charge is 0.185 e. The van der Waals surface area contributed by atoms with Crippen molar-refractivity contribution in [1.82, 2.24) is 39.7 Å². The number of rotatable bonds is 3. The second-order valence-corrected chi connectivity index (χ2v) is 8.60. The van der Waals surface area contributed by atoms with E-state index in [1.807, 2.05) is 74.5 Å². The number of fused-ring (bicyclic) bond motifs is 3. The molecule has 0 saturated heterocycles. The molecule has 37 heavy (non-hydrogen) atoms. The third-order valence-electron chi connectivity index (χ3n) is 6.23. The van der Waals surface area contributed by atoms with E-state index in [0.717, 1.165) is 56.4 Å². The number of nitrogens with zero attached hydrogens (tertiary/aromatic N) is 10. The zero-order chi connectivity index (χ0) is 24.9. The minimum absolute atomic E-state index is 0.676. The number of para-hydroxylation sites is 2. The van der Waals surface area contributed by atoms with E-state index in [1.54, 1.807) is 29.4 Å². The molecule has 7 rings (SSSR count). The molecule has 0 unspecified atom stereocenters. The van der Waals surface area contributed by atoms with Crippen molar-refractivity contribution in [2.24, 2.45) is 0 Å². The predicted molar refractivity (Wildman–Crippen MR) is 140 cm³/mol. The number of aromatic nitrogens is 8. The minimum Gasteiger partial charge on any atom is -0.277 e. The Balaban J connectivity index is 1.53. The lowest BCUT2D eigenvalue weighted by Crippen LogP contribution is -2.22. The second kappa shape index (κ2) is 8.16. The molecule has 0 atom stereocenters. The van der Waals surface area contributed by atoms with Gasteiger partial charge in [0, 0.05) is 30.0 Å². The van der Waals surface area contributed by atoms with Gasteiger partial charge in [0.25, 0.3) is 0 Å². The van der Waals surface area contributed by atoms with Gasteiger partial charge in [-0.15, -0.1) is 9.73 Å². The molecule has 0 bridgehead atoms. The Morgan fingerprint density at radius 3 is 1.78 bits per heavy atom. The summed E-state index contributed by atoms with van der Waals surface area (Å²) in [7, 11) is 0. The molecule has 0 saturated carbocycles. The number of allylic oxidation sites excluding steroid dienone is 1. The SMILES string of the molecule is Cc1nc2/c(=C\C=C3N(c4ccncc4)c4nc5ccccc5nc4N3c3ccncc3)c(C)nn2n1. The van der Waals surface area contributed by atoms with E-state index in [0.29, 0.717) is 5.82 Å². The largest absolute Gasteiger partial charge is 0.277 e. The van der Waals surface area contributed by atoms with E-state index in [4.69, 9.17) is 9.97 Å². The van der Waals surface area contributed by atoms with E-state index in [2.05, 4.69) is 34.9 Å². The molecule has 10 nitrogen and oxygen atoms in total. The number of pyridine rings is 2. The van der Waals surface area contributed by atoms with Gasteiger partial charge in [-0.3, -0.25) is 19.8 Å². The Kier molecular flexibility index (Phi) is 4.65. The fourth-order valence-electron chi connectivity index (χ4n) is 4.60. The van der Waals surface area contributed by atoms with Gasteiger partial charge >= 0.3 is 0 Å². The summed E-state index contributed by atoms with van der Waals surface area (Å²) < 4.78 is 1.58. The molecule has 6 aromatic rings. The zero-order valence-electron chi connectivity index (χ0n) is 20.1. The van der Waals surface area contributed by atoms with Gasteiger partial charge in [0.1, 0.15) is 11.6 Å². The summed E-state index contributed by atoms with van der Waals surface area (Å²) in [5.74, 6) is 2.97. The van der Waals surface area contributed by atoms with Gasteiger partial charge in [-0.05, 0) is 62.4 Å². The normalized spacial score (nSPS) is 13.7. The van der Waals surface area contributed by atoms with Crippen LogP contribution in [-0.4, -0.2) is 39.7 Å². The van der Waals surface area contributed by atoms with Crippen molar-refractivity contribution in [3.63, 3.8) is 0 Å². The first-order valence-electron chi connectivity index (χ1n) is 11.8. The highest BCUT2D eigenvalue weighted by Gasteiger charge is 2.36. The molecule has 1 aliphatic rings. The molecular weight excluding hydrogens is 464 g/mol. The fourth-order valence-corrected chi connectivity index (χ4v) is 4.60. The van der Waals surface area contributed by atoms with Crippen LogP contribution in [0.25, 0.3) is 22.8 Å². The van der Waals surface area contributed by atoms with Crippen LogP contribution in [0, 0.1) is 13.8 Å². The number of hydrogen-bond donors (Lipinski definition) is 0. The van der Waals surface area contributed by atoms with Gasteiger partial charge in [0.05, 0.1) is 28.1 Å². The minimum atomic E-state index is 0.676. The number of aryl methyl sites for hydroxylation is 2. The third-order valence-corrected chi connectivity index (χ3v) is 6.23. The van der Waals surface area contributed by atoms with Crippen LogP contribution < -0.4 is 15.0 Å². The van der Waals surface area contributed by atoms with E-state index >= 15 is 0 Å². The maximum absolute atomic E-state index is 5.05. The summed E-state index contributed by atoms with van der Waals surface area (Å²) in [6.45, 7) is 3.81. The van der Waals surface area contributed by atoms with Crippen LogP contribution in [0.1, 0.15) is 11.5 Å². The predicted octanol–water partition coefficient (Wildman–Crippen LogP) is 3.81. The molecule has 0 amide bonds. The molecule has 0 spiro atoms. The lowest BCUT2D eigenvalue weighted by Gasteiger charge is -2.24. The summed E-state index contributed by atoms with van der Waals surface area (Å²) in [5.41, 5.74) is 5.02. The summed E-state index contributed by atoms with van der Waals surface area (Å²) in [6, 6.07) is 15.7. The molecule has 0 N–H and O–H groups in total. The summed E-state index contributed by atoms with van der Waals surface area (Å²) in [6.07, 6.45) is 11.2. The fraction of sp³-hybridized carbons (Fsp3) is 0.0741. The second-order valence-electron chi connectivity index (χ2n) is 8.60. The van der Waals surface area contributed by atoms with Crippen LogP contribution in [0.15, 0.2) is 85.2 Å². The lowest BCUT2D eigenvalue weighted by atomic mass is 10.3. The molecule has 0 radical (unpaired) electrons. The summed E-state index contributed by atoms with van der Waals surface area (Å²) in [5, 5.41) is 9.79. The Bertz CT molecular complexity index is 1770. The van der Waals surface area contributed by atoms with Gasteiger partial charge < -0.3 is 0 Å². The molecule has 0 aliphatic carbocycles.